The van der Waals surface area contributed by atoms with E-state index >= 15 is 0 Å². The van der Waals surface area contributed by atoms with Gasteiger partial charge in [0.15, 0.2) is 11.6 Å². The number of rotatable bonds is 6. The summed E-state index contributed by atoms with van der Waals surface area (Å²) >= 11 is 0. The zero-order valence-corrected chi connectivity index (χ0v) is 11.1. The van der Waals surface area contributed by atoms with Gasteiger partial charge in [-0.3, -0.25) is 4.21 Å². The molecule has 0 bridgehead atoms. The van der Waals surface area contributed by atoms with Crippen LogP contribution < -0.4 is 5.32 Å². The molecule has 18 heavy (non-hydrogen) atoms. The predicted octanol–water partition coefficient (Wildman–Crippen LogP) is 2.46. The summed E-state index contributed by atoms with van der Waals surface area (Å²) in [6.45, 7) is 2.84. The maximum Gasteiger partial charge on any atom is 0.160 e. The molecule has 0 heterocycles. The van der Waals surface area contributed by atoms with E-state index in [0.29, 0.717) is 16.6 Å². The molecule has 2 nitrogen and oxygen atoms in total. The van der Waals surface area contributed by atoms with Crippen molar-refractivity contribution in [1.82, 2.24) is 5.32 Å². The third kappa shape index (κ3) is 3.36. The minimum Gasteiger partial charge on any atom is -0.313 e. The smallest absolute Gasteiger partial charge is 0.160 e. The molecule has 0 amide bonds. The van der Waals surface area contributed by atoms with Crippen molar-refractivity contribution >= 4 is 10.8 Å². The lowest BCUT2D eigenvalue weighted by Gasteiger charge is -2.16. The second-order valence-corrected chi connectivity index (χ2v) is 6.09. The Labute approximate surface area is 108 Å². The van der Waals surface area contributed by atoms with Gasteiger partial charge in [-0.25, -0.2) is 8.78 Å². The molecule has 2 unspecified atom stereocenters. The molecule has 0 spiro atoms. The quantitative estimate of drug-likeness (QED) is 0.862. The molecular weight excluding hydrogens is 256 g/mol. The standard InChI is InChI=1S/C13H17F2NOS/c1-2-16-13(9-3-4-9)8-18(17)10-5-6-11(14)12(15)7-10/h5-7,9,13,16H,2-4,8H2,1H3. The van der Waals surface area contributed by atoms with Crippen LogP contribution in [0.4, 0.5) is 8.78 Å². The monoisotopic (exact) mass is 273 g/mol. The molecule has 0 radical (unpaired) electrons. The molecule has 1 aromatic rings. The first-order chi connectivity index (χ1) is 8.61. The van der Waals surface area contributed by atoms with Gasteiger partial charge < -0.3 is 5.32 Å². The molecule has 2 rings (SSSR count). The highest BCUT2D eigenvalue weighted by Gasteiger charge is 2.31. The zero-order chi connectivity index (χ0) is 13.1. The van der Waals surface area contributed by atoms with Crippen LogP contribution in [0.5, 0.6) is 0 Å². The first-order valence-corrected chi connectivity index (χ1v) is 7.50. The molecule has 1 saturated carbocycles. The summed E-state index contributed by atoms with van der Waals surface area (Å²) in [5, 5.41) is 3.31. The Morgan fingerprint density at radius 2 is 2.11 bits per heavy atom. The molecule has 1 N–H and O–H groups in total. The van der Waals surface area contributed by atoms with E-state index in [1.54, 1.807) is 0 Å². The van der Waals surface area contributed by atoms with Crippen LogP contribution in [0.15, 0.2) is 23.1 Å². The maximum absolute atomic E-state index is 13.1. The minimum atomic E-state index is -1.28. The topological polar surface area (TPSA) is 29.1 Å². The lowest BCUT2D eigenvalue weighted by atomic mass is 10.2. The highest BCUT2D eigenvalue weighted by atomic mass is 32.2. The summed E-state index contributed by atoms with van der Waals surface area (Å²) in [7, 11) is -1.28. The van der Waals surface area contributed by atoms with Gasteiger partial charge in [0, 0.05) is 16.7 Å². The summed E-state index contributed by atoms with van der Waals surface area (Å²) in [5.74, 6) is -0.795. The van der Waals surface area contributed by atoms with Gasteiger partial charge in [-0.1, -0.05) is 6.92 Å². The first-order valence-electron chi connectivity index (χ1n) is 6.18. The van der Waals surface area contributed by atoms with Crippen molar-refractivity contribution in [2.24, 2.45) is 5.92 Å². The Balaban J connectivity index is 2.03. The molecule has 0 saturated heterocycles. The van der Waals surface area contributed by atoms with Gasteiger partial charge in [-0.2, -0.15) is 0 Å². The number of benzene rings is 1. The van der Waals surface area contributed by atoms with Crippen LogP contribution in [-0.4, -0.2) is 22.5 Å². The number of nitrogens with one attached hydrogen (secondary N) is 1. The third-order valence-electron chi connectivity index (χ3n) is 3.14. The molecule has 0 aliphatic heterocycles. The summed E-state index contributed by atoms with van der Waals surface area (Å²) in [4.78, 5) is 0.359. The molecule has 1 aliphatic rings. The highest BCUT2D eigenvalue weighted by molar-refractivity contribution is 7.85. The van der Waals surface area contributed by atoms with Crippen molar-refractivity contribution in [3.05, 3.63) is 29.8 Å². The van der Waals surface area contributed by atoms with Crippen LogP contribution in [0.2, 0.25) is 0 Å². The lowest BCUT2D eigenvalue weighted by molar-refractivity contribution is 0.504. The van der Waals surface area contributed by atoms with Crippen LogP contribution in [-0.2, 0) is 10.8 Å². The Hall–Kier alpha value is -0.810. The largest absolute Gasteiger partial charge is 0.313 e. The van der Waals surface area contributed by atoms with E-state index in [1.165, 1.54) is 6.07 Å². The second-order valence-electron chi connectivity index (χ2n) is 4.59. The summed E-state index contributed by atoms with van der Waals surface area (Å²) in [6.07, 6.45) is 2.32. The molecule has 1 aliphatic carbocycles. The minimum absolute atomic E-state index is 0.212. The van der Waals surface area contributed by atoms with Gasteiger partial charge in [0.05, 0.1) is 10.8 Å². The normalized spacial score (nSPS) is 18.6. The lowest BCUT2D eigenvalue weighted by Crippen LogP contribution is -2.35. The van der Waals surface area contributed by atoms with Crippen LogP contribution in [0.3, 0.4) is 0 Å². The maximum atomic E-state index is 13.1. The fourth-order valence-electron chi connectivity index (χ4n) is 2.00. The average Bonchev–Trinajstić information content (AvgIpc) is 3.16. The number of halogens is 2. The van der Waals surface area contributed by atoms with E-state index in [0.717, 1.165) is 31.5 Å². The van der Waals surface area contributed by atoms with E-state index in [-0.39, 0.29) is 6.04 Å². The SMILES string of the molecule is CCNC(CS(=O)c1ccc(F)c(F)c1)C1CC1. The van der Waals surface area contributed by atoms with Gasteiger partial charge in [-0.15, -0.1) is 0 Å². The summed E-state index contributed by atoms with van der Waals surface area (Å²) in [6, 6.07) is 3.66. The molecule has 1 fully saturated rings. The third-order valence-corrected chi connectivity index (χ3v) is 4.58. The van der Waals surface area contributed by atoms with Crippen molar-refractivity contribution in [3.63, 3.8) is 0 Å². The molecule has 0 aromatic heterocycles. The Morgan fingerprint density at radius 1 is 1.39 bits per heavy atom. The molecule has 1 aromatic carbocycles. The van der Waals surface area contributed by atoms with Gasteiger partial charge in [0.2, 0.25) is 0 Å². The second kappa shape index (κ2) is 5.89. The fraction of sp³-hybridized carbons (Fsp3) is 0.538. The predicted molar refractivity (Wildman–Crippen MR) is 67.8 cm³/mol. The van der Waals surface area contributed by atoms with Crippen molar-refractivity contribution < 1.29 is 13.0 Å². The average molecular weight is 273 g/mol. The highest BCUT2D eigenvalue weighted by Crippen LogP contribution is 2.33. The van der Waals surface area contributed by atoms with Crippen LogP contribution >= 0.6 is 0 Å². The van der Waals surface area contributed by atoms with E-state index in [1.807, 2.05) is 6.92 Å². The molecule has 2 atom stereocenters. The van der Waals surface area contributed by atoms with E-state index in [4.69, 9.17) is 0 Å². The fourth-order valence-corrected chi connectivity index (χ4v) is 3.36. The molecule has 5 heteroatoms. The van der Waals surface area contributed by atoms with E-state index in [9.17, 15) is 13.0 Å². The Bertz CT molecular complexity index is 449. The summed E-state index contributed by atoms with van der Waals surface area (Å²) in [5.41, 5.74) is 0. The zero-order valence-electron chi connectivity index (χ0n) is 10.3. The number of hydrogen-bond acceptors (Lipinski definition) is 2. The van der Waals surface area contributed by atoms with Crippen LogP contribution in [0.25, 0.3) is 0 Å². The van der Waals surface area contributed by atoms with Gasteiger partial charge >= 0.3 is 0 Å². The van der Waals surface area contributed by atoms with Gasteiger partial charge in [-0.05, 0) is 43.5 Å². The van der Waals surface area contributed by atoms with Crippen LogP contribution in [0.1, 0.15) is 19.8 Å². The Morgan fingerprint density at radius 3 is 2.67 bits per heavy atom. The van der Waals surface area contributed by atoms with Gasteiger partial charge in [0.25, 0.3) is 0 Å². The van der Waals surface area contributed by atoms with E-state index in [2.05, 4.69) is 5.32 Å². The molecule has 100 valence electrons. The van der Waals surface area contributed by atoms with Crippen molar-refractivity contribution in [2.45, 2.75) is 30.7 Å². The molecular formula is C13H17F2NOS. The van der Waals surface area contributed by atoms with Gasteiger partial charge in [0.1, 0.15) is 0 Å². The Kier molecular flexibility index (Phi) is 4.45. The van der Waals surface area contributed by atoms with Crippen molar-refractivity contribution in [1.29, 1.82) is 0 Å². The van der Waals surface area contributed by atoms with Crippen LogP contribution in [0, 0.1) is 17.6 Å². The first kappa shape index (κ1) is 13.6. The van der Waals surface area contributed by atoms with Crippen molar-refractivity contribution in [3.8, 4) is 0 Å². The van der Waals surface area contributed by atoms with Crippen molar-refractivity contribution in [2.75, 3.05) is 12.3 Å². The summed E-state index contributed by atoms with van der Waals surface area (Å²) < 4.78 is 38.0. The number of hydrogen-bond donors (Lipinski definition) is 1. The van der Waals surface area contributed by atoms with E-state index < -0.39 is 22.4 Å².